The lowest BCUT2D eigenvalue weighted by molar-refractivity contribution is -0.119. The summed E-state index contributed by atoms with van der Waals surface area (Å²) in [7, 11) is 2.04. The van der Waals surface area contributed by atoms with Crippen LogP contribution in [0, 0.1) is 17.7 Å². The number of aldehydes is 1. The van der Waals surface area contributed by atoms with Crippen LogP contribution in [0.1, 0.15) is 23.2 Å². The number of hydrogen-bond donors (Lipinski definition) is 1. The fraction of sp³-hybridized carbons (Fsp3) is 0.458. The third kappa shape index (κ3) is 4.25. The van der Waals surface area contributed by atoms with E-state index in [0.29, 0.717) is 47.8 Å². The summed E-state index contributed by atoms with van der Waals surface area (Å²) in [5.41, 5.74) is 0.966. The van der Waals surface area contributed by atoms with Gasteiger partial charge in [0.05, 0.1) is 31.0 Å². The summed E-state index contributed by atoms with van der Waals surface area (Å²) in [6, 6.07) is 8.71. The van der Waals surface area contributed by atoms with Gasteiger partial charge in [0.25, 0.3) is 0 Å². The first-order valence-corrected chi connectivity index (χ1v) is 11.3. The van der Waals surface area contributed by atoms with Gasteiger partial charge in [0.2, 0.25) is 5.91 Å². The van der Waals surface area contributed by atoms with E-state index < -0.39 is 12.2 Å². The molecular formula is C24H27FN4O5. The number of fused-ring (bicyclic) bond motifs is 1. The molecule has 5 rings (SSSR count). The number of halogens is 1. The number of nitrogens with one attached hydrogen (secondary N) is 1. The normalized spacial score (nSPS) is 25.5. The lowest BCUT2D eigenvalue weighted by atomic mass is 10.2. The van der Waals surface area contributed by atoms with Crippen LogP contribution in [-0.4, -0.2) is 68.6 Å². The van der Waals surface area contributed by atoms with Gasteiger partial charge in [0.1, 0.15) is 17.7 Å². The zero-order valence-electron chi connectivity index (χ0n) is 19.1. The molecule has 0 radical (unpaired) electrons. The zero-order valence-corrected chi connectivity index (χ0v) is 19.1. The second kappa shape index (κ2) is 8.75. The fourth-order valence-corrected chi connectivity index (χ4v) is 5.26. The van der Waals surface area contributed by atoms with Gasteiger partial charge in [0, 0.05) is 26.1 Å². The maximum Gasteiger partial charge on any atom is 0.414 e. The molecule has 180 valence electrons. The Hall–Kier alpha value is -3.40. The second-order valence-electron chi connectivity index (χ2n) is 9.25. The molecule has 1 aromatic heterocycles. The van der Waals surface area contributed by atoms with Crippen molar-refractivity contribution in [2.24, 2.45) is 11.8 Å². The maximum atomic E-state index is 15.0. The highest BCUT2D eigenvalue weighted by atomic mass is 19.1. The molecule has 1 N–H and O–H groups in total. The molecular weight excluding hydrogens is 443 g/mol. The average molecular weight is 471 g/mol. The number of furan rings is 1. The average Bonchev–Trinajstić information content (AvgIpc) is 3.18. The molecule has 1 aliphatic carbocycles. The quantitative estimate of drug-likeness (QED) is 0.592. The monoisotopic (exact) mass is 470 g/mol. The van der Waals surface area contributed by atoms with Crippen molar-refractivity contribution in [3.63, 3.8) is 0 Å². The third-order valence-corrected chi connectivity index (χ3v) is 6.90. The molecule has 3 aliphatic rings. The lowest BCUT2D eigenvalue weighted by Gasteiger charge is -2.26. The van der Waals surface area contributed by atoms with Crippen molar-refractivity contribution in [3.8, 4) is 0 Å². The van der Waals surface area contributed by atoms with E-state index in [2.05, 4.69) is 15.1 Å². The molecule has 1 aromatic carbocycles. The molecule has 2 aliphatic heterocycles. The number of benzene rings is 1. The summed E-state index contributed by atoms with van der Waals surface area (Å²) in [6.07, 6.45) is -0.318. The minimum Gasteiger partial charge on any atom is -0.457 e. The predicted molar refractivity (Wildman–Crippen MR) is 121 cm³/mol. The smallest absolute Gasteiger partial charge is 0.414 e. The van der Waals surface area contributed by atoms with Gasteiger partial charge in [-0.25, -0.2) is 9.18 Å². The van der Waals surface area contributed by atoms with Crippen molar-refractivity contribution in [2.75, 3.05) is 43.0 Å². The largest absolute Gasteiger partial charge is 0.457 e. The van der Waals surface area contributed by atoms with Crippen molar-refractivity contribution < 1.29 is 27.9 Å². The van der Waals surface area contributed by atoms with Crippen LogP contribution in [0.3, 0.4) is 0 Å². The summed E-state index contributed by atoms with van der Waals surface area (Å²) >= 11 is 0. The van der Waals surface area contributed by atoms with E-state index in [1.807, 2.05) is 13.1 Å². The molecule has 3 fully saturated rings. The molecule has 3 unspecified atom stereocenters. The van der Waals surface area contributed by atoms with E-state index in [1.165, 1.54) is 17.9 Å². The number of carbonyl (C=O) groups excluding carboxylic acids is 3. The highest BCUT2D eigenvalue weighted by Crippen LogP contribution is 2.50. The van der Waals surface area contributed by atoms with Gasteiger partial charge >= 0.3 is 6.09 Å². The van der Waals surface area contributed by atoms with Crippen LogP contribution in [0.25, 0.3) is 0 Å². The first kappa shape index (κ1) is 22.4. The van der Waals surface area contributed by atoms with E-state index in [1.54, 1.807) is 18.2 Å². The molecule has 2 aromatic rings. The van der Waals surface area contributed by atoms with Crippen LogP contribution >= 0.6 is 0 Å². The number of cyclic esters (lactones) is 1. The molecule has 9 nitrogen and oxygen atoms in total. The topological polar surface area (TPSA) is 95.3 Å². The maximum absolute atomic E-state index is 15.0. The van der Waals surface area contributed by atoms with Crippen molar-refractivity contribution >= 4 is 29.7 Å². The third-order valence-electron chi connectivity index (χ3n) is 6.90. The van der Waals surface area contributed by atoms with E-state index >= 15 is 4.39 Å². The Bertz CT molecular complexity index is 1110. The number of nitrogens with zero attached hydrogens (tertiary/aromatic N) is 3. The van der Waals surface area contributed by atoms with Gasteiger partial charge < -0.3 is 19.4 Å². The van der Waals surface area contributed by atoms with Gasteiger partial charge in [-0.3, -0.25) is 19.4 Å². The molecule has 0 bridgehead atoms. The lowest BCUT2D eigenvalue weighted by Crippen LogP contribution is -2.33. The van der Waals surface area contributed by atoms with Crippen LogP contribution in [0.15, 0.2) is 34.7 Å². The number of hydrogen-bond acceptors (Lipinski definition) is 7. The zero-order chi connectivity index (χ0) is 24.0. The molecule has 0 spiro atoms. The number of amides is 2. The van der Waals surface area contributed by atoms with E-state index in [9.17, 15) is 14.4 Å². The van der Waals surface area contributed by atoms with Crippen LogP contribution in [0.5, 0.6) is 0 Å². The summed E-state index contributed by atoms with van der Waals surface area (Å²) < 4.78 is 25.8. The number of ether oxygens (including phenoxy) is 1. The molecule has 2 amide bonds. The van der Waals surface area contributed by atoms with E-state index in [-0.39, 0.29) is 24.8 Å². The SMILES string of the molecule is CC(=O)NCC1CN(c2ccc(N3CC4C(C3)C4N(C)Cc3ccc(C=O)o3)c(F)c2)C(=O)O1. The molecule has 2 saturated heterocycles. The first-order valence-electron chi connectivity index (χ1n) is 11.3. The fourth-order valence-electron chi connectivity index (χ4n) is 5.26. The summed E-state index contributed by atoms with van der Waals surface area (Å²) in [5, 5.41) is 2.63. The Morgan fingerprint density at radius 2 is 2.00 bits per heavy atom. The van der Waals surface area contributed by atoms with Crippen LogP contribution in [-0.2, 0) is 16.1 Å². The van der Waals surface area contributed by atoms with Gasteiger partial charge in [-0.1, -0.05) is 0 Å². The molecule has 1 saturated carbocycles. The predicted octanol–water partition coefficient (Wildman–Crippen LogP) is 2.26. The highest BCUT2D eigenvalue weighted by Gasteiger charge is 2.57. The minimum atomic E-state index is -0.549. The highest BCUT2D eigenvalue weighted by molar-refractivity contribution is 5.90. The minimum absolute atomic E-state index is 0.199. The summed E-state index contributed by atoms with van der Waals surface area (Å²) in [4.78, 5) is 39.8. The van der Waals surface area contributed by atoms with Crippen LogP contribution < -0.4 is 15.1 Å². The first-order chi connectivity index (χ1) is 16.3. The Balaban J connectivity index is 1.17. The standard InChI is InChI=1S/C24H27FN4O5/c1-14(31)26-8-18-10-29(24(32)34-18)15-3-6-22(21(25)7-15)28-11-19-20(12-28)23(19)27(2)9-16-4-5-17(13-30)33-16/h3-7,13,18-20,23H,8-12H2,1-2H3,(H,26,31). The number of anilines is 2. The molecule has 3 atom stereocenters. The summed E-state index contributed by atoms with van der Waals surface area (Å²) in [6.45, 7) is 4.03. The second-order valence-corrected chi connectivity index (χ2v) is 9.25. The van der Waals surface area contributed by atoms with Crippen molar-refractivity contribution in [3.05, 3.63) is 47.7 Å². The molecule has 3 heterocycles. The summed E-state index contributed by atoms with van der Waals surface area (Å²) in [5.74, 6) is 1.41. The number of piperidine rings is 1. The number of rotatable bonds is 8. The Kier molecular flexibility index (Phi) is 5.76. The Labute approximate surface area is 196 Å². The molecule has 34 heavy (non-hydrogen) atoms. The van der Waals surface area contributed by atoms with E-state index in [4.69, 9.17) is 9.15 Å². The van der Waals surface area contributed by atoms with Gasteiger partial charge in [-0.05, 0) is 49.2 Å². The Morgan fingerprint density at radius 1 is 1.24 bits per heavy atom. The van der Waals surface area contributed by atoms with Crippen molar-refractivity contribution in [2.45, 2.75) is 25.6 Å². The van der Waals surface area contributed by atoms with Crippen molar-refractivity contribution in [1.82, 2.24) is 10.2 Å². The van der Waals surface area contributed by atoms with Gasteiger partial charge in [0.15, 0.2) is 12.0 Å². The number of carbonyl (C=O) groups is 3. The Morgan fingerprint density at radius 3 is 2.65 bits per heavy atom. The van der Waals surface area contributed by atoms with Crippen LogP contribution in [0.2, 0.25) is 0 Å². The van der Waals surface area contributed by atoms with E-state index in [0.717, 1.165) is 18.8 Å². The van der Waals surface area contributed by atoms with Gasteiger partial charge in [-0.2, -0.15) is 0 Å². The van der Waals surface area contributed by atoms with Gasteiger partial charge in [-0.15, -0.1) is 0 Å². The van der Waals surface area contributed by atoms with Crippen LogP contribution in [0.4, 0.5) is 20.6 Å². The van der Waals surface area contributed by atoms with Crippen molar-refractivity contribution in [1.29, 1.82) is 0 Å². The molecule has 10 heteroatoms.